The normalized spacial score (nSPS) is 19.5. The van der Waals surface area contributed by atoms with Crippen molar-refractivity contribution in [1.29, 1.82) is 0 Å². The number of amides is 4. The van der Waals surface area contributed by atoms with Gasteiger partial charge in [-0.05, 0) is 36.0 Å². The molecule has 1 fully saturated rings. The van der Waals surface area contributed by atoms with Gasteiger partial charge < -0.3 is 10.6 Å². The molecular formula is C25H31N3O3. The minimum Gasteiger partial charge on any atom is -0.348 e. The maximum Gasteiger partial charge on any atom is 0.325 e. The number of urea groups is 1. The smallest absolute Gasteiger partial charge is 0.325 e. The molecule has 3 rings (SSSR count). The van der Waals surface area contributed by atoms with E-state index >= 15 is 0 Å². The highest BCUT2D eigenvalue weighted by Crippen LogP contribution is 2.30. The van der Waals surface area contributed by atoms with Gasteiger partial charge in [0, 0.05) is 0 Å². The van der Waals surface area contributed by atoms with Crippen LogP contribution in [-0.2, 0) is 15.1 Å². The Morgan fingerprint density at radius 2 is 1.68 bits per heavy atom. The molecule has 6 heteroatoms. The molecule has 0 aliphatic carbocycles. The maximum absolute atomic E-state index is 13.1. The number of imide groups is 1. The van der Waals surface area contributed by atoms with Gasteiger partial charge in [-0.3, -0.25) is 14.5 Å². The van der Waals surface area contributed by atoms with Crippen molar-refractivity contribution in [3.05, 3.63) is 71.3 Å². The first-order valence-corrected chi connectivity index (χ1v) is 10.8. The summed E-state index contributed by atoms with van der Waals surface area (Å²) in [6.45, 7) is 7.62. The first-order chi connectivity index (χ1) is 14.8. The number of hydrogen-bond donors (Lipinski definition) is 2. The summed E-state index contributed by atoms with van der Waals surface area (Å²) in [5.74, 6) is -0.404. The minimum atomic E-state index is -1.19. The van der Waals surface area contributed by atoms with E-state index in [1.807, 2.05) is 54.6 Å². The van der Waals surface area contributed by atoms with Crippen LogP contribution in [0.25, 0.3) is 0 Å². The lowest BCUT2D eigenvalue weighted by molar-refractivity contribution is -0.135. The Hall–Kier alpha value is -3.15. The highest BCUT2D eigenvalue weighted by atomic mass is 16.2. The lowest BCUT2D eigenvalue weighted by Crippen LogP contribution is -2.43. The molecule has 0 radical (unpaired) electrons. The molecule has 1 saturated heterocycles. The molecule has 2 atom stereocenters. The van der Waals surface area contributed by atoms with Gasteiger partial charge in [-0.15, -0.1) is 0 Å². The molecule has 0 saturated carbocycles. The zero-order valence-corrected chi connectivity index (χ0v) is 18.6. The highest BCUT2D eigenvalue weighted by Gasteiger charge is 2.49. The maximum atomic E-state index is 13.1. The summed E-state index contributed by atoms with van der Waals surface area (Å²) in [4.78, 5) is 39.4. The van der Waals surface area contributed by atoms with E-state index in [1.165, 1.54) is 0 Å². The molecule has 2 unspecified atom stereocenters. The summed E-state index contributed by atoms with van der Waals surface area (Å²) in [6, 6.07) is 16.7. The van der Waals surface area contributed by atoms with Gasteiger partial charge in [0.25, 0.3) is 5.91 Å². The van der Waals surface area contributed by atoms with E-state index in [-0.39, 0.29) is 18.5 Å². The SMILES string of the molecule is CCCC(NC(=O)CN1C(=O)NC(C)(c2ccc(C(C)C)cc2)C1=O)c1ccccc1. The van der Waals surface area contributed by atoms with Gasteiger partial charge in [0.15, 0.2) is 0 Å². The van der Waals surface area contributed by atoms with Crippen molar-refractivity contribution in [2.24, 2.45) is 0 Å². The van der Waals surface area contributed by atoms with Crippen LogP contribution in [0.3, 0.4) is 0 Å². The van der Waals surface area contributed by atoms with Crippen LogP contribution in [0.1, 0.15) is 69.2 Å². The average molecular weight is 422 g/mol. The van der Waals surface area contributed by atoms with Crippen LogP contribution in [-0.4, -0.2) is 29.3 Å². The first-order valence-electron chi connectivity index (χ1n) is 10.8. The fourth-order valence-corrected chi connectivity index (χ4v) is 3.92. The van der Waals surface area contributed by atoms with Crippen molar-refractivity contribution in [3.8, 4) is 0 Å². The molecule has 0 bridgehead atoms. The molecule has 164 valence electrons. The van der Waals surface area contributed by atoms with Gasteiger partial charge >= 0.3 is 6.03 Å². The monoisotopic (exact) mass is 421 g/mol. The molecule has 0 spiro atoms. The second-order valence-corrected chi connectivity index (χ2v) is 8.54. The minimum absolute atomic E-state index is 0.158. The molecule has 0 aromatic heterocycles. The Kier molecular flexibility index (Phi) is 6.78. The number of hydrogen-bond acceptors (Lipinski definition) is 3. The summed E-state index contributed by atoms with van der Waals surface area (Å²) in [6.07, 6.45) is 1.67. The molecule has 2 N–H and O–H groups in total. The largest absolute Gasteiger partial charge is 0.348 e. The van der Waals surface area contributed by atoms with Gasteiger partial charge in [-0.1, -0.05) is 81.8 Å². The van der Waals surface area contributed by atoms with Crippen LogP contribution in [0.2, 0.25) is 0 Å². The third-order valence-electron chi connectivity index (χ3n) is 5.85. The lowest BCUT2D eigenvalue weighted by Gasteiger charge is -2.23. The number of nitrogens with one attached hydrogen (secondary N) is 2. The van der Waals surface area contributed by atoms with E-state index in [0.717, 1.165) is 28.9 Å². The topological polar surface area (TPSA) is 78.5 Å². The van der Waals surface area contributed by atoms with Gasteiger partial charge in [0.2, 0.25) is 5.91 Å². The van der Waals surface area contributed by atoms with Crippen molar-refractivity contribution < 1.29 is 14.4 Å². The Morgan fingerprint density at radius 1 is 1.03 bits per heavy atom. The van der Waals surface area contributed by atoms with Crippen LogP contribution in [0.15, 0.2) is 54.6 Å². The molecule has 4 amide bonds. The van der Waals surface area contributed by atoms with Crippen LogP contribution < -0.4 is 10.6 Å². The third-order valence-corrected chi connectivity index (χ3v) is 5.85. The van der Waals surface area contributed by atoms with Crippen LogP contribution in [0.4, 0.5) is 4.79 Å². The van der Waals surface area contributed by atoms with E-state index < -0.39 is 17.5 Å². The molecular weight excluding hydrogens is 390 g/mol. The fourth-order valence-electron chi connectivity index (χ4n) is 3.92. The predicted octanol–water partition coefficient (Wildman–Crippen LogP) is 4.23. The Bertz CT molecular complexity index is 940. The first kappa shape index (κ1) is 22.5. The summed E-state index contributed by atoms with van der Waals surface area (Å²) >= 11 is 0. The van der Waals surface area contributed by atoms with Crippen LogP contribution >= 0.6 is 0 Å². The summed E-state index contributed by atoms with van der Waals surface area (Å²) in [7, 11) is 0. The molecule has 2 aromatic carbocycles. The van der Waals surface area contributed by atoms with Gasteiger partial charge in [-0.25, -0.2) is 4.79 Å². The molecule has 1 aliphatic rings. The van der Waals surface area contributed by atoms with Gasteiger partial charge in [0.05, 0.1) is 6.04 Å². The van der Waals surface area contributed by atoms with E-state index in [2.05, 4.69) is 31.4 Å². The van der Waals surface area contributed by atoms with Gasteiger partial charge in [0.1, 0.15) is 12.1 Å². The standard InChI is InChI=1S/C25H31N3O3/c1-5-9-21(19-10-7-6-8-11-19)26-22(29)16-28-23(30)25(4,27-24(28)31)20-14-12-18(13-15-20)17(2)3/h6-8,10-15,17,21H,5,9,16H2,1-4H3,(H,26,29)(H,27,31). The van der Waals surface area contributed by atoms with E-state index in [0.29, 0.717) is 11.5 Å². The number of rotatable bonds is 8. The molecule has 6 nitrogen and oxygen atoms in total. The average Bonchev–Trinajstić information content (AvgIpc) is 2.98. The van der Waals surface area contributed by atoms with Crippen LogP contribution in [0.5, 0.6) is 0 Å². The van der Waals surface area contributed by atoms with E-state index in [1.54, 1.807) is 6.92 Å². The predicted molar refractivity (Wildman–Crippen MR) is 120 cm³/mol. The number of benzene rings is 2. The molecule has 31 heavy (non-hydrogen) atoms. The molecule has 2 aromatic rings. The quantitative estimate of drug-likeness (QED) is 0.626. The number of nitrogens with zero attached hydrogens (tertiary/aromatic N) is 1. The zero-order valence-electron chi connectivity index (χ0n) is 18.6. The van der Waals surface area contributed by atoms with Crippen molar-refractivity contribution in [1.82, 2.24) is 15.5 Å². The Morgan fingerprint density at radius 3 is 2.26 bits per heavy atom. The summed E-state index contributed by atoms with van der Waals surface area (Å²) in [5, 5.41) is 5.74. The summed E-state index contributed by atoms with van der Waals surface area (Å²) in [5.41, 5.74) is 1.68. The zero-order chi connectivity index (χ0) is 22.6. The lowest BCUT2D eigenvalue weighted by atomic mass is 9.90. The Labute approximate surface area is 184 Å². The second-order valence-electron chi connectivity index (χ2n) is 8.54. The third kappa shape index (κ3) is 4.79. The van der Waals surface area contributed by atoms with Crippen molar-refractivity contribution in [2.45, 2.75) is 58.0 Å². The summed E-state index contributed by atoms with van der Waals surface area (Å²) < 4.78 is 0. The van der Waals surface area contributed by atoms with Crippen molar-refractivity contribution in [2.75, 3.05) is 6.54 Å². The van der Waals surface area contributed by atoms with E-state index in [4.69, 9.17) is 0 Å². The van der Waals surface area contributed by atoms with Crippen LogP contribution in [0, 0.1) is 0 Å². The van der Waals surface area contributed by atoms with E-state index in [9.17, 15) is 14.4 Å². The number of carbonyl (C=O) groups excluding carboxylic acids is 3. The highest BCUT2D eigenvalue weighted by molar-refractivity contribution is 6.09. The molecule has 1 aliphatic heterocycles. The molecule has 1 heterocycles. The number of carbonyl (C=O) groups is 3. The van der Waals surface area contributed by atoms with Crippen molar-refractivity contribution in [3.63, 3.8) is 0 Å². The second kappa shape index (κ2) is 9.33. The van der Waals surface area contributed by atoms with Gasteiger partial charge in [-0.2, -0.15) is 0 Å². The Balaban J connectivity index is 1.72. The van der Waals surface area contributed by atoms with Crippen molar-refractivity contribution >= 4 is 17.8 Å². The fraction of sp³-hybridized carbons (Fsp3) is 0.400.